The van der Waals surface area contributed by atoms with Crippen LogP contribution in [0.3, 0.4) is 0 Å². The number of carbonyl (C=O) groups excluding carboxylic acids is 2. The molecule has 0 saturated carbocycles. The minimum atomic E-state index is -0.145. The Bertz CT molecular complexity index is 1100. The Morgan fingerprint density at radius 3 is 2.40 bits per heavy atom. The fourth-order valence-electron chi connectivity index (χ4n) is 4.06. The number of rotatable bonds is 3. The van der Waals surface area contributed by atoms with Gasteiger partial charge in [0, 0.05) is 29.0 Å². The summed E-state index contributed by atoms with van der Waals surface area (Å²) in [5.74, 6) is -0.133. The molecule has 3 aromatic carbocycles. The Hall–Kier alpha value is -3.40. The van der Waals surface area contributed by atoms with Gasteiger partial charge in [0.2, 0.25) is 0 Å². The van der Waals surface area contributed by atoms with Crippen LogP contribution in [0.2, 0.25) is 0 Å². The first-order valence-corrected chi connectivity index (χ1v) is 10.4. The molecule has 0 radical (unpaired) electrons. The Kier molecular flexibility index (Phi) is 5.66. The summed E-state index contributed by atoms with van der Waals surface area (Å²) in [5, 5.41) is 2.95. The minimum Gasteiger partial charge on any atom is -0.322 e. The molecule has 1 heterocycles. The molecule has 152 valence electrons. The van der Waals surface area contributed by atoms with Gasteiger partial charge in [0.15, 0.2) is 0 Å². The number of hydrogen-bond acceptors (Lipinski definition) is 2. The summed E-state index contributed by atoms with van der Waals surface area (Å²) in [4.78, 5) is 27.9. The topological polar surface area (TPSA) is 49.4 Å². The molecule has 2 amide bonds. The highest BCUT2D eigenvalue weighted by Gasteiger charge is 2.23. The predicted octanol–water partition coefficient (Wildman–Crippen LogP) is 5.54. The van der Waals surface area contributed by atoms with Crippen molar-refractivity contribution in [2.24, 2.45) is 0 Å². The summed E-state index contributed by atoms with van der Waals surface area (Å²) >= 11 is 0. The van der Waals surface area contributed by atoms with Crippen LogP contribution in [-0.4, -0.2) is 18.4 Å². The molecule has 0 atom stereocenters. The van der Waals surface area contributed by atoms with Crippen molar-refractivity contribution in [3.05, 3.63) is 94.5 Å². The van der Waals surface area contributed by atoms with E-state index in [0.29, 0.717) is 16.8 Å². The van der Waals surface area contributed by atoms with Crippen molar-refractivity contribution >= 4 is 23.2 Å². The number of nitrogens with one attached hydrogen (secondary N) is 1. The second-order valence-corrected chi connectivity index (χ2v) is 7.84. The number of carbonyl (C=O) groups is 2. The molecule has 0 aliphatic carbocycles. The van der Waals surface area contributed by atoms with Crippen LogP contribution in [0.5, 0.6) is 0 Å². The molecule has 0 unspecified atom stereocenters. The van der Waals surface area contributed by atoms with Crippen molar-refractivity contribution in [3.63, 3.8) is 0 Å². The van der Waals surface area contributed by atoms with Crippen LogP contribution in [0.1, 0.15) is 50.2 Å². The Balaban J connectivity index is 1.57. The van der Waals surface area contributed by atoms with E-state index in [1.165, 1.54) is 5.56 Å². The van der Waals surface area contributed by atoms with Crippen molar-refractivity contribution in [2.45, 2.75) is 33.1 Å². The zero-order valence-electron chi connectivity index (χ0n) is 17.4. The summed E-state index contributed by atoms with van der Waals surface area (Å²) in [6.07, 6.45) is 3.08. The highest BCUT2D eigenvalue weighted by molar-refractivity contribution is 6.09. The largest absolute Gasteiger partial charge is 0.322 e. The number of anilines is 2. The van der Waals surface area contributed by atoms with Crippen molar-refractivity contribution in [1.29, 1.82) is 0 Å². The molecule has 1 N–H and O–H groups in total. The van der Waals surface area contributed by atoms with E-state index < -0.39 is 0 Å². The standard InChI is InChI=1S/C26H26N2O2/c1-18-9-3-5-12-22(18)25(29)27-21-14-15-23(19(2)17-21)26(30)28-16-8-7-11-20-10-4-6-13-24(20)28/h3-6,9-10,12-15,17H,7-8,11,16H2,1-2H3,(H,27,29). The maximum absolute atomic E-state index is 13.4. The van der Waals surface area contributed by atoms with Gasteiger partial charge in [-0.25, -0.2) is 0 Å². The maximum atomic E-state index is 13.4. The van der Waals surface area contributed by atoms with Crippen molar-refractivity contribution in [3.8, 4) is 0 Å². The number of aryl methyl sites for hydroxylation is 3. The second kappa shape index (κ2) is 8.54. The predicted molar refractivity (Wildman–Crippen MR) is 121 cm³/mol. The van der Waals surface area contributed by atoms with Gasteiger partial charge in [-0.3, -0.25) is 9.59 Å². The first-order chi connectivity index (χ1) is 14.5. The summed E-state index contributed by atoms with van der Waals surface area (Å²) in [7, 11) is 0. The van der Waals surface area contributed by atoms with E-state index in [0.717, 1.165) is 42.6 Å². The number of benzene rings is 3. The summed E-state index contributed by atoms with van der Waals surface area (Å²) in [6, 6.07) is 21.2. The number of para-hydroxylation sites is 1. The van der Waals surface area contributed by atoms with Crippen LogP contribution in [0, 0.1) is 13.8 Å². The third-order valence-electron chi connectivity index (χ3n) is 5.71. The quantitative estimate of drug-likeness (QED) is 0.630. The molecule has 0 saturated heterocycles. The molecule has 0 fully saturated rings. The number of fused-ring (bicyclic) bond motifs is 1. The summed E-state index contributed by atoms with van der Waals surface area (Å²) in [6.45, 7) is 4.56. The van der Waals surface area contributed by atoms with Gasteiger partial charge >= 0.3 is 0 Å². The molecule has 3 aromatic rings. The number of hydrogen-bond donors (Lipinski definition) is 1. The SMILES string of the molecule is Cc1ccccc1C(=O)Nc1ccc(C(=O)N2CCCCc3ccccc32)c(C)c1. The lowest BCUT2D eigenvalue weighted by Crippen LogP contribution is -2.32. The van der Waals surface area contributed by atoms with E-state index in [1.807, 2.05) is 73.3 Å². The molecule has 0 aromatic heterocycles. The summed E-state index contributed by atoms with van der Waals surface area (Å²) < 4.78 is 0. The fourth-order valence-corrected chi connectivity index (χ4v) is 4.06. The van der Waals surface area contributed by atoms with Gasteiger partial charge in [-0.1, -0.05) is 36.4 Å². The molecular weight excluding hydrogens is 372 g/mol. The van der Waals surface area contributed by atoms with Crippen LogP contribution in [-0.2, 0) is 6.42 Å². The highest BCUT2D eigenvalue weighted by atomic mass is 16.2. The first kappa shape index (κ1) is 19.9. The monoisotopic (exact) mass is 398 g/mol. The molecule has 1 aliphatic heterocycles. The smallest absolute Gasteiger partial charge is 0.258 e. The lowest BCUT2D eigenvalue weighted by atomic mass is 10.0. The van der Waals surface area contributed by atoms with E-state index in [1.54, 1.807) is 6.07 Å². The second-order valence-electron chi connectivity index (χ2n) is 7.84. The van der Waals surface area contributed by atoms with Gasteiger partial charge in [0.05, 0.1) is 0 Å². The van der Waals surface area contributed by atoms with E-state index in [2.05, 4.69) is 11.4 Å². The van der Waals surface area contributed by atoms with Gasteiger partial charge in [-0.05, 0) is 80.1 Å². The molecule has 1 aliphatic rings. The van der Waals surface area contributed by atoms with Gasteiger partial charge in [0.1, 0.15) is 0 Å². The van der Waals surface area contributed by atoms with Gasteiger partial charge in [0.25, 0.3) is 11.8 Å². The Labute approximate surface area is 177 Å². The van der Waals surface area contributed by atoms with Crippen molar-refractivity contribution < 1.29 is 9.59 Å². The van der Waals surface area contributed by atoms with Crippen molar-refractivity contribution in [1.82, 2.24) is 0 Å². The molecular formula is C26H26N2O2. The molecule has 4 heteroatoms. The molecule has 4 rings (SSSR count). The third-order valence-corrected chi connectivity index (χ3v) is 5.71. The number of nitrogens with zero attached hydrogens (tertiary/aromatic N) is 1. The molecule has 4 nitrogen and oxygen atoms in total. The maximum Gasteiger partial charge on any atom is 0.258 e. The van der Waals surface area contributed by atoms with Gasteiger partial charge < -0.3 is 10.2 Å². The van der Waals surface area contributed by atoms with Crippen LogP contribution in [0.25, 0.3) is 0 Å². The average Bonchev–Trinajstić information content (AvgIpc) is 2.96. The molecule has 0 spiro atoms. The minimum absolute atomic E-state index is 0.0126. The zero-order valence-corrected chi connectivity index (χ0v) is 17.4. The van der Waals surface area contributed by atoms with Gasteiger partial charge in [-0.2, -0.15) is 0 Å². The Morgan fingerprint density at radius 2 is 1.60 bits per heavy atom. The average molecular weight is 399 g/mol. The highest BCUT2D eigenvalue weighted by Crippen LogP contribution is 2.28. The molecule has 30 heavy (non-hydrogen) atoms. The van der Waals surface area contributed by atoms with Crippen LogP contribution >= 0.6 is 0 Å². The normalized spacial score (nSPS) is 13.3. The van der Waals surface area contributed by atoms with Crippen LogP contribution in [0.15, 0.2) is 66.7 Å². The van der Waals surface area contributed by atoms with Crippen LogP contribution < -0.4 is 10.2 Å². The third kappa shape index (κ3) is 3.99. The van der Waals surface area contributed by atoms with Gasteiger partial charge in [-0.15, -0.1) is 0 Å². The summed E-state index contributed by atoms with van der Waals surface area (Å²) in [5.41, 5.74) is 6.02. The van der Waals surface area contributed by atoms with Crippen molar-refractivity contribution in [2.75, 3.05) is 16.8 Å². The Morgan fingerprint density at radius 1 is 0.833 bits per heavy atom. The molecule has 0 bridgehead atoms. The van der Waals surface area contributed by atoms with Crippen LogP contribution in [0.4, 0.5) is 11.4 Å². The lowest BCUT2D eigenvalue weighted by molar-refractivity contribution is 0.0985. The lowest BCUT2D eigenvalue weighted by Gasteiger charge is -2.24. The zero-order chi connectivity index (χ0) is 21.1. The first-order valence-electron chi connectivity index (χ1n) is 10.4. The van der Waals surface area contributed by atoms with E-state index in [-0.39, 0.29) is 11.8 Å². The van der Waals surface area contributed by atoms with E-state index >= 15 is 0 Å². The van der Waals surface area contributed by atoms with E-state index in [4.69, 9.17) is 0 Å². The van der Waals surface area contributed by atoms with E-state index in [9.17, 15) is 9.59 Å². The fraction of sp³-hybridized carbons (Fsp3) is 0.231. The number of amides is 2.